The van der Waals surface area contributed by atoms with Crippen LogP contribution in [0.1, 0.15) is 75.8 Å². The molecule has 10 heteroatoms. The number of hydrogen-bond donors (Lipinski definition) is 0. The first-order chi connectivity index (χ1) is 22.1. The zero-order chi connectivity index (χ0) is 34.1. The number of hydrogen-bond acceptors (Lipinski definition) is 9. The normalized spacial score (nSPS) is 18.5. The number of fused-ring (bicyclic) bond motifs is 1. The van der Waals surface area contributed by atoms with Crippen LogP contribution in [-0.4, -0.2) is 66.0 Å². The van der Waals surface area contributed by atoms with E-state index in [9.17, 15) is 9.59 Å². The van der Waals surface area contributed by atoms with Crippen molar-refractivity contribution in [3.05, 3.63) is 63.5 Å². The molecule has 2 aromatic carbocycles. The smallest absolute Gasteiger partial charge is 0.410 e. The molecule has 1 amide bonds. The van der Waals surface area contributed by atoms with E-state index in [-0.39, 0.29) is 24.1 Å². The second kappa shape index (κ2) is 13.8. The van der Waals surface area contributed by atoms with Crippen LogP contribution in [0.4, 0.5) is 9.93 Å². The monoisotopic (exact) mass is 663 g/mol. The fourth-order valence-corrected chi connectivity index (χ4v) is 7.03. The molecule has 1 fully saturated rings. The van der Waals surface area contributed by atoms with Crippen molar-refractivity contribution in [3.63, 3.8) is 0 Å². The molecule has 254 valence electrons. The first-order valence-corrected chi connectivity index (χ1v) is 17.3. The Kier molecular flexibility index (Phi) is 10.2. The van der Waals surface area contributed by atoms with Crippen molar-refractivity contribution in [1.29, 1.82) is 0 Å². The van der Waals surface area contributed by atoms with Crippen molar-refractivity contribution < 1.29 is 28.5 Å². The number of carbonyl (C=O) groups excluding carboxylic acids is 2. The van der Waals surface area contributed by atoms with Gasteiger partial charge in [-0.1, -0.05) is 23.8 Å². The number of aromatic nitrogens is 1. The molecule has 1 aromatic heterocycles. The highest BCUT2D eigenvalue weighted by Crippen LogP contribution is 2.37. The van der Waals surface area contributed by atoms with Crippen LogP contribution < -0.4 is 9.64 Å². The lowest BCUT2D eigenvalue weighted by atomic mass is 9.92. The molecule has 5 rings (SSSR count). The number of rotatable bonds is 7. The molecule has 0 bridgehead atoms. The molecule has 0 unspecified atom stereocenters. The lowest BCUT2D eigenvalue weighted by Gasteiger charge is -2.37. The number of thiazole rings is 1. The fraction of sp³-hybridized carbons (Fsp3) is 0.541. The minimum absolute atomic E-state index is 0.206. The maximum absolute atomic E-state index is 12.9. The highest BCUT2D eigenvalue weighted by Gasteiger charge is 2.38. The SMILES string of the molecule is CO[C@H]1CN(c2nc(-c3cc(C)ccc3OCc3ccc4c(c3C)CCN(C(=O)OC(C)(C)C)C4)cs2)CC[C@H]1C(=O)OC(C)(C)C. The number of piperidine rings is 1. The van der Waals surface area contributed by atoms with Crippen LogP contribution >= 0.6 is 11.3 Å². The molecule has 2 aliphatic heterocycles. The minimum Gasteiger partial charge on any atom is -0.488 e. The van der Waals surface area contributed by atoms with E-state index >= 15 is 0 Å². The summed E-state index contributed by atoms with van der Waals surface area (Å²) in [5.41, 5.74) is 6.64. The molecular weight excluding hydrogens is 614 g/mol. The summed E-state index contributed by atoms with van der Waals surface area (Å²) in [6, 6.07) is 10.4. The molecule has 47 heavy (non-hydrogen) atoms. The summed E-state index contributed by atoms with van der Waals surface area (Å²) in [7, 11) is 1.65. The average molecular weight is 664 g/mol. The van der Waals surface area contributed by atoms with Crippen molar-refractivity contribution >= 4 is 28.5 Å². The van der Waals surface area contributed by atoms with Gasteiger partial charge in [0.15, 0.2) is 5.13 Å². The first-order valence-electron chi connectivity index (χ1n) is 16.4. The van der Waals surface area contributed by atoms with E-state index in [2.05, 4.69) is 48.4 Å². The van der Waals surface area contributed by atoms with Crippen LogP contribution in [0, 0.1) is 19.8 Å². The van der Waals surface area contributed by atoms with Crippen LogP contribution in [0.2, 0.25) is 0 Å². The summed E-state index contributed by atoms with van der Waals surface area (Å²) in [5.74, 6) is 0.268. The van der Waals surface area contributed by atoms with Gasteiger partial charge in [-0.05, 0) is 103 Å². The lowest BCUT2D eigenvalue weighted by molar-refractivity contribution is -0.165. The molecule has 9 nitrogen and oxygen atoms in total. The lowest BCUT2D eigenvalue weighted by Crippen LogP contribution is -2.49. The Labute approximate surface area is 283 Å². The van der Waals surface area contributed by atoms with Crippen molar-refractivity contribution in [3.8, 4) is 17.0 Å². The third-order valence-electron chi connectivity index (χ3n) is 8.58. The largest absolute Gasteiger partial charge is 0.488 e. The summed E-state index contributed by atoms with van der Waals surface area (Å²) in [5, 5.41) is 2.96. The number of amides is 1. The summed E-state index contributed by atoms with van der Waals surface area (Å²) in [4.78, 5) is 34.5. The molecule has 0 N–H and O–H groups in total. The van der Waals surface area contributed by atoms with Crippen LogP contribution in [0.15, 0.2) is 35.7 Å². The standard InChI is InChI=1S/C37H49N3O6S/c1-23-10-13-31(44-21-26-12-11-25-19-40(17-14-27(25)24(26)2)35(42)46-37(6,7)8)29(18-23)30-22-47-34(38-30)39-16-15-28(32(20-39)43-9)33(41)45-36(3,4)5/h10-13,18,22,28,32H,14-17,19-21H2,1-9H3/t28-,32+/m1/s1. The Bertz CT molecular complexity index is 1600. The van der Waals surface area contributed by atoms with Crippen molar-refractivity contribution in [2.75, 3.05) is 31.6 Å². The molecule has 3 heterocycles. The van der Waals surface area contributed by atoms with E-state index in [1.165, 1.54) is 11.1 Å². The van der Waals surface area contributed by atoms with E-state index in [1.54, 1.807) is 23.3 Å². The molecule has 0 aliphatic carbocycles. The Morgan fingerprint density at radius 3 is 2.45 bits per heavy atom. The first kappa shape index (κ1) is 34.7. The second-order valence-corrected chi connectivity index (χ2v) is 15.4. The molecule has 0 radical (unpaired) electrons. The van der Waals surface area contributed by atoms with Gasteiger partial charge in [-0.25, -0.2) is 9.78 Å². The summed E-state index contributed by atoms with van der Waals surface area (Å²) < 4.78 is 23.5. The van der Waals surface area contributed by atoms with E-state index < -0.39 is 11.2 Å². The quantitative estimate of drug-likeness (QED) is 0.241. The third kappa shape index (κ3) is 8.46. The third-order valence-corrected chi connectivity index (χ3v) is 9.48. The van der Waals surface area contributed by atoms with E-state index in [0.29, 0.717) is 39.2 Å². The molecule has 1 saturated heterocycles. The Morgan fingerprint density at radius 2 is 1.74 bits per heavy atom. The van der Waals surface area contributed by atoms with E-state index in [1.807, 2.05) is 47.6 Å². The van der Waals surface area contributed by atoms with Gasteiger partial charge in [0, 0.05) is 44.2 Å². The molecule has 2 aliphatic rings. The van der Waals surface area contributed by atoms with Crippen molar-refractivity contribution in [2.24, 2.45) is 5.92 Å². The van der Waals surface area contributed by atoms with Crippen LogP contribution in [0.5, 0.6) is 5.75 Å². The number of anilines is 1. The van der Waals surface area contributed by atoms with Crippen LogP contribution in [-0.2, 0) is 38.6 Å². The minimum atomic E-state index is -0.534. The topological polar surface area (TPSA) is 90.4 Å². The second-order valence-electron chi connectivity index (χ2n) is 14.6. The fourth-order valence-electron chi connectivity index (χ4n) is 6.16. The molecule has 0 spiro atoms. The summed E-state index contributed by atoms with van der Waals surface area (Å²) in [6.07, 6.45) is 0.878. The number of aryl methyl sites for hydroxylation is 1. The number of carbonyl (C=O) groups is 2. The predicted molar refractivity (Wildman–Crippen MR) is 185 cm³/mol. The number of ether oxygens (including phenoxy) is 4. The number of methoxy groups -OCH3 is 1. The number of esters is 1. The zero-order valence-electron chi connectivity index (χ0n) is 29.3. The van der Waals surface area contributed by atoms with Gasteiger partial charge in [0.25, 0.3) is 0 Å². The van der Waals surface area contributed by atoms with Crippen molar-refractivity contribution in [1.82, 2.24) is 9.88 Å². The highest BCUT2D eigenvalue weighted by atomic mass is 32.1. The molecule has 0 saturated carbocycles. The predicted octanol–water partition coefficient (Wildman–Crippen LogP) is 7.48. The van der Waals surface area contributed by atoms with E-state index in [0.717, 1.165) is 45.2 Å². The van der Waals surface area contributed by atoms with Gasteiger partial charge < -0.3 is 28.7 Å². The molecule has 2 atom stereocenters. The molecule has 3 aromatic rings. The maximum atomic E-state index is 12.9. The number of benzene rings is 2. The summed E-state index contributed by atoms with van der Waals surface area (Å²) in [6.45, 7) is 18.4. The van der Waals surface area contributed by atoms with Gasteiger partial charge in [0.1, 0.15) is 23.6 Å². The Morgan fingerprint density at radius 1 is 1.00 bits per heavy atom. The van der Waals surface area contributed by atoms with Gasteiger partial charge in [0.2, 0.25) is 0 Å². The van der Waals surface area contributed by atoms with Gasteiger partial charge in [-0.15, -0.1) is 11.3 Å². The Balaban J connectivity index is 1.27. The Hall–Kier alpha value is -3.63. The van der Waals surface area contributed by atoms with E-state index in [4.69, 9.17) is 23.9 Å². The average Bonchev–Trinajstić information content (AvgIpc) is 3.49. The summed E-state index contributed by atoms with van der Waals surface area (Å²) >= 11 is 1.59. The zero-order valence-corrected chi connectivity index (χ0v) is 30.1. The number of nitrogens with zero attached hydrogens (tertiary/aromatic N) is 3. The van der Waals surface area contributed by atoms with Crippen LogP contribution in [0.3, 0.4) is 0 Å². The van der Waals surface area contributed by atoms with Gasteiger partial charge in [-0.2, -0.15) is 0 Å². The van der Waals surface area contributed by atoms with Crippen molar-refractivity contribution in [2.45, 2.75) is 98.7 Å². The van der Waals surface area contributed by atoms with Gasteiger partial charge >= 0.3 is 12.1 Å². The van der Waals surface area contributed by atoms with Gasteiger partial charge in [-0.3, -0.25) is 4.79 Å². The molecular formula is C37H49N3O6S. The van der Waals surface area contributed by atoms with Crippen LogP contribution in [0.25, 0.3) is 11.3 Å². The highest BCUT2D eigenvalue weighted by molar-refractivity contribution is 7.14. The van der Waals surface area contributed by atoms with Gasteiger partial charge in [0.05, 0.1) is 17.7 Å². The maximum Gasteiger partial charge on any atom is 0.410 e.